The van der Waals surface area contributed by atoms with Crippen molar-refractivity contribution in [2.75, 3.05) is 34.0 Å². The average Bonchev–Trinajstić information content (AvgIpc) is 2.81. The van der Waals surface area contributed by atoms with Crippen LogP contribution in [0.3, 0.4) is 0 Å². The van der Waals surface area contributed by atoms with E-state index < -0.39 is 0 Å². The minimum Gasteiger partial charge on any atom is -0.383 e. The number of nitrogens with zero attached hydrogens (tertiary/aromatic N) is 2. The molecule has 0 saturated heterocycles. The fraction of sp³-hybridized carbons (Fsp3) is 0.667. The Bertz CT molecular complexity index is 460. The number of amides is 1. The molecule has 1 heterocycles. The van der Waals surface area contributed by atoms with E-state index in [2.05, 4.69) is 29.8 Å². The molecular weight excluding hydrogens is 336 g/mol. The van der Waals surface area contributed by atoms with Gasteiger partial charge in [-0.25, -0.2) is 0 Å². The molecule has 0 bridgehead atoms. The first-order valence-electron chi connectivity index (χ1n) is 7.08. The molecule has 1 rings (SSSR count). The van der Waals surface area contributed by atoms with Gasteiger partial charge in [-0.2, -0.15) is 0 Å². The van der Waals surface area contributed by atoms with E-state index in [0.717, 1.165) is 4.47 Å². The first-order valence-corrected chi connectivity index (χ1v) is 7.87. The molecule has 1 amide bonds. The average molecular weight is 361 g/mol. The summed E-state index contributed by atoms with van der Waals surface area (Å²) in [6, 6.07) is 2.07. The van der Waals surface area contributed by atoms with Crippen LogP contribution in [0.15, 0.2) is 16.7 Å². The highest BCUT2D eigenvalue weighted by molar-refractivity contribution is 9.10. The molecule has 0 fully saturated rings. The third-order valence-electron chi connectivity index (χ3n) is 3.33. The summed E-state index contributed by atoms with van der Waals surface area (Å²) in [7, 11) is 3.28. The van der Waals surface area contributed by atoms with Gasteiger partial charge in [-0.15, -0.1) is 0 Å². The molecule has 1 atom stereocenters. The molecule has 21 heavy (non-hydrogen) atoms. The van der Waals surface area contributed by atoms with Gasteiger partial charge in [0.2, 0.25) is 0 Å². The number of rotatable bonds is 8. The number of halogens is 1. The fourth-order valence-corrected chi connectivity index (χ4v) is 2.67. The molecule has 0 aliphatic heterocycles. The molecule has 0 radical (unpaired) electrons. The van der Waals surface area contributed by atoms with E-state index in [1.54, 1.807) is 19.1 Å². The van der Waals surface area contributed by atoms with Gasteiger partial charge in [-0.05, 0) is 42.8 Å². The van der Waals surface area contributed by atoms with Gasteiger partial charge in [0, 0.05) is 37.5 Å². The van der Waals surface area contributed by atoms with Gasteiger partial charge in [0.1, 0.15) is 5.69 Å². The predicted octanol–water partition coefficient (Wildman–Crippen LogP) is 2.96. The number of hydrogen-bond donors (Lipinski definition) is 0. The van der Waals surface area contributed by atoms with Gasteiger partial charge in [0.25, 0.3) is 5.91 Å². The van der Waals surface area contributed by atoms with Gasteiger partial charge in [-0.3, -0.25) is 4.79 Å². The zero-order chi connectivity index (χ0) is 16.0. The summed E-state index contributed by atoms with van der Waals surface area (Å²) in [4.78, 5) is 14.7. The highest BCUT2D eigenvalue weighted by Crippen LogP contribution is 2.21. The summed E-state index contributed by atoms with van der Waals surface area (Å²) in [6.45, 7) is 7.64. The number of carbonyl (C=O) groups excluding carboxylic acids is 1. The minimum absolute atomic E-state index is 0.00370. The molecule has 1 aromatic heterocycles. The van der Waals surface area contributed by atoms with Crippen LogP contribution in [-0.4, -0.2) is 55.4 Å². The number of ether oxygens (including phenoxy) is 2. The largest absolute Gasteiger partial charge is 0.383 e. The van der Waals surface area contributed by atoms with Crippen LogP contribution in [0.1, 0.15) is 37.3 Å². The molecule has 1 aromatic rings. The molecular formula is C15H25BrN2O3. The van der Waals surface area contributed by atoms with E-state index in [1.807, 2.05) is 23.8 Å². The zero-order valence-corrected chi connectivity index (χ0v) is 15.0. The van der Waals surface area contributed by atoms with E-state index >= 15 is 0 Å². The second-order valence-corrected chi connectivity index (χ2v) is 6.26. The highest BCUT2D eigenvalue weighted by atomic mass is 79.9. The van der Waals surface area contributed by atoms with Crippen molar-refractivity contribution in [3.63, 3.8) is 0 Å². The monoisotopic (exact) mass is 360 g/mol. The van der Waals surface area contributed by atoms with Gasteiger partial charge < -0.3 is 18.9 Å². The molecule has 0 N–H and O–H groups in total. The third-order valence-corrected chi connectivity index (χ3v) is 3.76. The molecule has 120 valence electrons. The van der Waals surface area contributed by atoms with Crippen molar-refractivity contribution in [1.82, 2.24) is 9.47 Å². The lowest BCUT2D eigenvalue weighted by atomic mass is 10.2. The van der Waals surface area contributed by atoms with Crippen LogP contribution >= 0.6 is 15.9 Å². The van der Waals surface area contributed by atoms with E-state index in [4.69, 9.17) is 9.47 Å². The second kappa shape index (κ2) is 8.56. The van der Waals surface area contributed by atoms with Crippen molar-refractivity contribution in [1.29, 1.82) is 0 Å². The Morgan fingerprint density at radius 3 is 2.52 bits per heavy atom. The first-order chi connectivity index (χ1) is 9.92. The molecule has 6 heteroatoms. The Balaban J connectivity index is 3.04. The Morgan fingerprint density at radius 1 is 1.33 bits per heavy atom. The van der Waals surface area contributed by atoms with E-state index in [1.165, 1.54) is 0 Å². The van der Waals surface area contributed by atoms with Gasteiger partial charge in [0.15, 0.2) is 0 Å². The topological polar surface area (TPSA) is 43.7 Å². The second-order valence-electron chi connectivity index (χ2n) is 5.34. The predicted molar refractivity (Wildman–Crippen MR) is 86.8 cm³/mol. The Labute approximate surface area is 135 Å². The van der Waals surface area contributed by atoms with Crippen LogP contribution in [-0.2, 0) is 9.47 Å². The Morgan fingerprint density at radius 2 is 2.00 bits per heavy atom. The summed E-state index contributed by atoms with van der Waals surface area (Å²) in [5.74, 6) is -0.00370. The van der Waals surface area contributed by atoms with Crippen molar-refractivity contribution in [2.24, 2.45) is 0 Å². The number of hydrogen-bond acceptors (Lipinski definition) is 3. The van der Waals surface area contributed by atoms with Crippen molar-refractivity contribution in [2.45, 2.75) is 32.9 Å². The van der Waals surface area contributed by atoms with Gasteiger partial charge >= 0.3 is 0 Å². The van der Waals surface area contributed by atoms with Crippen LogP contribution in [0.2, 0.25) is 0 Å². The Hall–Kier alpha value is -0.850. The SMILES string of the molecule is COCCN(C(=O)c1cc(Br)cn1C(C)C)C(C)COC. The molecule has 0 spiro atoms. The fourth-order valence-electron chi connectivity index (χ4n) is 2.23. The molecule has 0 aromatic carbocycles. The summed E-state index contributed by atoms with van der Waals surface area (Å²) in [5.41, 5.74) is 0.677. The van der Waals surface area contributed by atoms with Crippen LogP contribution in [0.5, 0.6) is 0 Å². The van der Waals surface area contributed by atoms with Crippen molar-refractivity contribution in [3.8, 4) is 0 Å². The summed E-state index contributed by atoms with van der Waals surface area (Å²) >= 11 is 3.45. The molecule has 5 nitrogen and oxygen atoms in total. The molecule has 0 saturated carbocycles. The van der Waals surface area contributed by atoms with Gasteiger partial charge in [-0.1, -0.05) is 0 Å². The molecule has 0 aliphatic rings. The quantitative estimate of drug-likeness (QED) is 0.715. The number of aromatic nitrogens is 1. The minimum atomic E-state index is -0.00747. The summed E-state index contributed by atoms with van der Waals surface area (Å²) in [5, 5.41) is 0. The van der Waals surface area contributed by atoms with Crippen molar-refractivity contribution < 1.29 is 14.3 Å². The Kier molecular flexibility index (Phi) is 7.42. The van der Waals surface area contributed by atoms with Gasteiger partial charge in [0.05, 0.1) is 19.3 Å². The van der Waals surface area contributed by atoms with E-state index in [9.17, 15) is 4.79 Å². The third kappa shape index (κ3) is 4.83. The summed E-state index contributed by atoms with van der Waals surface area (Å²) in [6.07, 6.45) is 1.94. The smallest absolute Gasteiger partial charge is 0.270 e. The van der Waals surface area contributed by atoms with Crippen LogP contribution in [0, 0.1) is 0 Å². The lowest BCUT2D eigenvalue weighted by Gasteiger charge is -2.29. The van der Waals surface area contributed by atoms with E-state index in [0.29, 0.717) is 25.5 Å². The van der Waals surface area contributed by atoms with Crippen LogP contribution < -0.4 is 0 Å². The lowest BCUT2D eigenvalue weighted by Crippen LogP contribution is -2.43. The van der Waals surface area contributed by atoms with Crippen molar-refractivity contribution >= 4 is 21.8 Å². The maximum atomic E-state index is 12.9. The van der Waals surface area contributed by atoms with Crippen LogP contribution in [0.25, 0.3) is 0 Å². The van der Waals surface area contributed by atoms with E-state index in [-0.39, 0.29) is 18.0 Å². The maximum Gasteiger partial charge on any atom is 0.270 e. The molecule has 0 aliphatic carbocycles. The maximum absolute atomic E-state index is 12.9. The van der Waals surface area contributed by atoms with Crippen LogP contribution in [0.4, 0.5) is 0 Å². The normalized spacial score (nSPS) is 12.7. The zero-order valence-electron chi connectivity index (χ0n) is 13.4. The van der Waals surface area contributed by atoms with Crippen molar-refractivity contribution in [3.05, 3.63) is 22.4 Å². The molecule has 1 unspecified atom stereocenters. The first kappa shape index (κ1) is 18.2. The number of carbonyl (C=O) groups is 1. The standard InChI is InChI=1S/C15H25BrN2O3/c1-11(2)18-9-13(16)8-14(18)15(19)17(6-7-20-4)12(3)10-21-5/h8-9,11-12H,6-7,10H2,1-5H3. The lowest BCUT2D eigenvalue weighted by molar-refractivity contribution is 0.0469. The number of methoxy groups -OCH3 is 2. The highest BCUT2D eigenvalue weighted by Gasteiger charge is 2.25. The summed E-state index contributed by atoms with van der Waals surface area (Å²) < 4.78 is 13.2.